The van der Waals surface area contributed by atoms with Gasteiger partial charge in [0, 0.05) is 19.9 Å². The summed E-state index contributed by atoms with van der Waals surface area (Å²) in [5.74, 6) is -0.625. The highest BCUT2D eigenvalue weighted by Crippen LogP contribution is 2.22. The van der Waals surface area contributed by atoms with Crippen LogP contribution in [0.25, 0.3) is 0 Å². The molecule has 1 aliphatic rings. The van der Waals surface area contributed by atoms with E-state index in [0.29, 0.717) is 18.8 Å². The Bertz CT molecular complexity index is 472. The van der Waals surface area contributed by atoms with Gasteiger partial charge in [0.05, 0.1) is 6.54 Å². The second-order valence-electron chi connectivity index (χ2n) is 4.29. The van der Waals surface area contributed by atoms with Crippen molar-refractivity contribution in [1.29, 1.82) is 0 Å². The summed E-state index contributed by atoms with van der Waals surface area (Å²) in [6, 6.07) is 6.54. The molecule has 1 N–H and O–H groups in total. The Hall–Kier alpha value is -2.04. The fraction of sp³-hybridized carbons (Fsp3) is 0.385. The lowest BCUT2D eigenvalue weighted by molar-refractivity contribution is -0.128. The third kappa shape index (κ3) is 2.61. The number of para-hydroxylation sites is 1. The van der Waals surface area contributed by atoms with Gasteiger partial charge in [0.1, 0.15) is 17.4 Å². The molecule has 1 fully saturated rings. The average Bonchev–Trinajstić information content (AvgIpc) is 2.78. The van der Waals surface area contributed by atoms with Crippen LogP contribution < -0.4 is 4.74 Å². The minimum absolute atomic E-state index is 0.0209. The van der Waals surface area contributed by atoms with E-state index in [0.717, 1.165) is 6.42 Å². The normalized spacial score (nSPS) is 18.7. The predicted molar refractivity (Wildman–Crippen MR) is 64.7 cm³/mol. The molecule has 1 atom stereocenters. The second-order valence-corrected chi connectivity index (χ2v) is 4.29. The molecule has 0 spiro atoms. The number of carboxylic acid groups (broad SMARTS) is 1. The molecule has 0 bridgehead atoms. The van der Waals surface area contributed by atoms with Crippen molar-refractivity contribution >= 4 is 11.9 Å². The number of carbonyl (C=O) groups excluding carboxylic acids is 1. The molecule has 18 heavy (non-hydrogen) atoms. The van der Waals surface area contributed by atoms with E-state index in [1.54, 1.807) is 23.1 Å². The van der Waals surface area contributed by atoms with E-state index in [-0.39, 0.29) is 17.6 Å². The zero-order valence-electron chi connectivity index (χ0n) is 10.1. The van der Waals surface area contributed by atoms with E-state index in [1.807, 2.05) is 0 Å². The highest BCUT2D eigenvalue weighted by molar-refractivity contribution is 5.90. The quantitative estimate of drug-likeness (QED) is 0.879. The maximum absolute atomic E-state index is 11.2. The number of likely N-dealkylation sites (tertiary alicyclic amines) is 1. The Morgan fingerprint density at radius 2 is 2.11 bits per heavy atom. The smallest absolute Gasteiger partial charge is 0.339 e. The summed E-state index contributed by atoms with van der Waals surface area (Å²) in [6.45, 7) is 2.70. The molecule has 0 saturated carbocycles. The summed E-state index contributed by atoms with van der Waals surface area (Å²) >= 11 is 0. The van der Waals surface area contributed by atoms with Crippen LogP contribution in [0.4, 0.5) is 0 Å². The van der Waals surface area contributed by atoms with Crippen molar-refractivity contribution in [1.82, 2.24) is 4.90 Å². The zero-order valence-corrected chi connectivity index (χ0v) is 10.1. The monoisotopic (exact) mass is 249 g/mol. The predicted octanol–water partition coefficient (Wildman–Crippen LogP) is 1.38. The Kier molecular flexibility index (Phi) is 3.50. The molecular weight excluding hydrogens is 234 g/mol. The fourth-order valence-electron chi connectivity index (χ4n) is 2.04. The van der Waals surface area contributed by atoms with Crippen molar-refractivity contribution < 1.29 is 19.4 Å². The van der Waals surface area contributed by atoms with Crippen LogP contribution in [0.15, 0.2) is 24.3 Å². The fourth-order valence-corrected chi connectivity index (χ4v) is 2.04. The highest BCUT2D eigenvalue weighted by Gasteiger charge is 2.26. The van der Waals surface area contributed by atoms with Crippen LogP contribution in [0, 0.1) is 0 Å². The largest absolute Gasteiger partial charge is 0.488 e. The van der Waals surface area contributed by atoms with Crippen LogP contribution in [0.5, 0.6) is 5.75 Å². The van der Waals surface area contributed by atoms with Crippen LogP contribution in [-0.2, 0) is 4.79 Å². The first-order valence-electron chi connectivity index (χ1n) is 5.82. The van der Waals surface area contributed by atoms with Crippen molar-refractivity contribution in [3.05, 3.63) is 29.8 Å². The summed E-state index contributed by atoms with van der Waals surface area (Å²) in [5, 5.41) is 9.04. The number of aromatic carboxylic acids is 1. The SMILES string of the molecule is CC(=O)N1CCC(Oc2ccccc2C(=O)O)C1. The van der Waals surface area contributed by atoms with Gasteiger partial charge >= 0.3 is 5.97 Å². The standard InChI is InChI=1S/C13H15NO4/c1-9(15)14-7-6-10(8-14)18-12-5-3-2-4-11(12)13(16)17/h2-5,10H,6-8H2,1H3,(H,16,17). The summed E-state index contributed by atoms with van der Waals surface area (Å²) in [7, 11) is 0. The van der Waals surface area contributed by atoms with E-state index in [1.165, 1.54) is 13.0 Å². The number of carboxylic acids is 1. The highest BCUT2D eigenvalue weighted by atomic mass is 16.5. The van der Waals surface area contributed by atoms with Crippen molar-refractivity contribution in [2.45, 2.75) is 19.4 Å². The molecule has 0 aromatic heterocycles. The zero-order chi connectivity index (χ0) is 13.1. The first kappa shape index (κ1) is 12.4. The van der Waals surface area contributed by atoms with Crippen molar-refractivity contribution in [3.8, 4) is 5.75 Å². The van der Waals surface area contributed by atoms with Gasteiger partial charge in [0.15, 0.2) is 0 Å². The topological polar surface area (TPSA) is 66.8 Å². The van der Waals surface area contributed by atoms with Crippen LogP contribution in [0.1, 0.15) is 23.7 Å². The number of benzene rings is 1. The lowest BCUT2D eigenvalue weighted by Gasteiger charge is -2.16. The van der Waals surface area contributed by atoms with Gasteiger partial charge in [-0.1, -0.05) is 12.1 Å². The van der Waals surface area contributed by atoms with E-state index in [4.69, 9.17) is 9.84 Å². The second kappa shape index (κ2) is 5.08. The molecule has 2 rings (SSSR count). The van der Waals surface area contributed by atoms with Crippen molar-refractivity contribution in [2.24, 2.45) is 0 Å². The number of carbonyl (C=O) groups is 2. The lowest BCUT2D eigenvalue weighted by atomic mass is 10.2. The van der Waals surface area contributed by atoms with Gasteiger partial charge in [-0.2, -0.15) is 0 Å². The van der Waals surface area contributed by atoms with Gasteiger partial charge in [-0.05, 0) is 12.1 Å². The molecule has 1 amide bonds. The lowest BCUT2D eigenvalue weighted by Crippen LogP contribution is -2.28. The molecule has 1 unspecified atom stereocenters. The molecule has 1 saturated heterocycles. The Morgan fingerprint density at radius 1 is 1.39 bits per heavy atom. The first-order chi connectivity index (χ1) is 8.58. The summed E-state index contributed by atoms with van der Waals surface area (Å²) in [5.41, 5.74) is 0.152. The van der Waals surface area contributed by atoms with Crippen LogP contribution >= 0.6 is 0 Å². The Balaban J connectivity index is 2.07. The molecule has 5 heteroatoms. The minimum atomic E-state index is -1.01. The summed E-state index contributed by atoms with van der Waals surface area (Å²) in [4.78, 5) is 23.9. The molecule has 1 aromatic carbocycles. The first-order valence-corrected chi connectivity index (χ1v) is 5.82. The molecule has 1 aliphatic heterocycles. The van der Waals surface area contributed by atoms with E-state index >= 15 is 0 Å². The van der Waals surface area contributed by atoms with Crippen LogP contribution in [0.3, 0.4) is 0 Å². The van der Waals surface area contributed by atoms with Gasteiger partial charge in [0.25, 0.3) is 0 Å². The maximum atomic E-state index is 11.2. The Labute approximate surface area is 105 Å². The van der Waals surface area contributed by atoms with Gasteiger partial charge in [-0.15, -0.1) is 0 Å². The minimum Gasteiger partial charge on any atom is -0.488 e. The van der Waals surface area contributed by atoms with E-state index in [2.05, 4.69) is 0 Å². The number of rotatable bonds is 3. The average molecular weight is 249 g/mol. The number of nitrogens with zero attached hydrogens (tertiary/aromatic N) is 1. The van der Waals surface area contributed by atoms with Gasteiger partial charge in [-0.25, -0.2) is 4.79 Å². The molecule has 1 aromatic rings. The molecule has 96 valence electrons. The van der Waals surface area contributed by atoms with Gasteiger partial charge in [-0.3, -0.25) is 4.79 Å². The third-order valence-electron chi connectivity index (χ3n) is 3.00. The van der Waals surface area contributed by atoms with Crippen LogP contribution in [0.2, 0.25) is 0 Å². The maximum Gasteiger partial charge on any atom is 0.339 e. The van der Waals surface area contributed by atoms with Crippen molar-refractivity contribution in [2.75, 3.05) is 13.1 Å². The summed E-state index contributed by atoms with van der Waals surface area (Å²) in [6.07, 6.45) is 0.600. The van der Waals surface area contributed by atoms with E-state index in [9.17, 15) is 9.59 Å². The number of amides is 1. The molecule has 5 nitrogen and oxygen atoms in total. The third-order valence-corrected chi connectivity index (χ3v) is 3.00. The molecule has 1 heterocycles. The number of ether oxygens (including phenoxy) is 1. The van der Waals surface area contributed by atoms with Crippen molar-refractivity contribution in [3.63, 3.8) is 0 Å². The molecule has 0 radical (unpaired) electrons. The van der Waals surface area contributed by atoms with Gasteiger partial charge in [0.2, 0.25) is 5.91 Å². The number of hydrogen-bond donors (Lipinski definition) is 1. The molecular formula is C13H15NO4. The number of hydrogen-bond acceptors (Lipinski definition) is 3. The van der Waals surface area contributed by atoms with E-state index < -0.39 is 5.97 Å². The molecule has 0 aliphatic carbocycles. The summed E-state index contributed by atoms with van der Waals surface area (Å²) < 4.78 is 5.67. The van der Waals surface area contributed by atoms with Crippen LogP contribution in [-0.4, -0.2) is 41.1 Å². The Morgan fingerprint density at radius 3 is 2.72 bits per heavy atom. The van der Waals surface area contributed by atoms with Gasteiger partial charge < -0.3 is 14.7 Å².